The molecule has 2 fully saturated rings. The summed E-state index contributed by atoms with van der Waals surface area (Å²) in [6, 6.07) is 11.3. The monoisotopic (exact) mass is 584 g/mol. The van der Waals surface area contributed by atoms with Gasteiger partial charge in [-0.05, 0) is 48.6 Å². The lowest BCUT2D eigenvalue weighted by Crippen LogP contribution is -2.46. The highest BCUT2D eigenvalue weighted by molar-refractivity contribution is 5.33. The lowest BCUT2D eigenvalue weighted by Gasteiger charge is -2.40. The smallest absolute Gasteiger partial charge is 0.383 e. The van der Waals surface area contributed by atoms with Crippen LogP contribution >= 0.6 is 0 Å². The fraction of sp³-hybridized carbons (Fsp3) is 0.533. The lowest BCUT2D eigenvalue weighted by molar-refractivity contribution is -0.208. The van der Waals surface area contributed by atoms with Gasteiger partial charge in [-0.1, -0.05) is 42.2 Å². The fourth-order valence-corrected chi connectivity index (χ4v) is 4.83. The zero-order valence-electron chi connectivity index (χ0n) is 22.8. The van der Waals surface area contributed by atoms with E-state index in [4.69, 9.17) is 14.2 Å². The van der Waals surface area contributed by atoms with Crippen molar-refractivity contribution in [2.75, 3.05) is 53.1 Å². The van der Waals surface area contributed by atoms with Gasteiger partial charge in [0.15, 0.2) is 6.29 Å². The van der Waals surface area contributed by atoms with Crippen molar-refractivity contribution < 1.29 is 40.6 Å². The standard InChI is InChI=1S/C30H34F6N2O3/c1-39-17-14-37(26-9-10-26)12-5-6-13-38-15-18-41-28(27(38)23-7-3-2-4-8-23)40-16-11-22-19-24(29(31,32)33)21-25(20-22)30(34,35)36/h2-4,7-8,19-21,26-28H,9-18H2,1H3. The minimum Gasteiger partial charge on any atom is -0.383 e. The van der Waals surface area contributed by atoms with E-state index in [2.05, 4.69) is 21.6 Å². The van der Waals surface area contributed by atoms with E-state index in [1.54, 1.807) is 7.11 Å². The number of alkyl halides is 6. The Bertz CT molecular complexity index is 1140. The van der Waals surface area contributed by atoms with Gasteiger partial charge in [0.1, 0.15) is 0 Å². The van der Waals surface area contributed by atoms with Crippen molar-refractivity contribution in [2.45, 2.75) is 50.0 Å². The van der Waals surface area contributed by atoms with E-state index in [9.17, 15) is 26.3 Å². The highest BCUT2D eigenvalue weighted by Crippen LogP contribution is 2.37. The summed E-state index contributed by atoms with van der Waals surface area (Å²) in [5, 5.41) is 0. The Morgan fingerprint density at radius 3 is 2.24 bits per heavy atom. The van der Waals surface area contributed by atoms with Crippen LogP contribution in [0.2, 0.25) is 0 Å². The largest absolute Gasteiger partial charge is 0.416 e. The van der Waals surface area contributed by atoms with E-state index < -0.39 is 29.8 Å². The molecule has 41 heavy (non-hydrogen) atoms. The molecule has 0 N–H and O–H groups in total. The third-order valence-electron chi connectivity index (χ3n) is 7.11. The van der Waals surface area contributed by atoms with Gasteiger partial charge in [0.2, 0.25) is 0 Å². The van der Waals surface area contributed by atoms with Crippen LogP contribution in [0.4, 0.5) is 26.3 Å². The van der Waals surface area contributed by atoms with Crippen LogP contribution in [0.5, 0.6) is 0 Å². The number of methoxy groups -OCH3 is 1. The molecular formula is C30H34F6N2O3. The van der Waals surface area contributed by atoms with Gasteiger partial charge in [0.05, 0.1) is 50.1 Å². The Labute approximate surface area is 236 Å². The number of halogens is 6. The van der Waals surface area contributed by atoms with Crippen LogP contribution < -0.4 is 0 Å². The number of nitrogens with zero attached hydrogens (tertiary/aromatic N) is 2. The SMILES string of the molecule is COCCN(CC#CCN1CCOC(OCCc2cc(C(F)(F)F)cc(C(F)(F)F)c2)C1c1ccccc1)C1CC1. The van der Waals surface area contributed by atoms with Crippen molar-refractivity contribution >= 4 is 0 Å². The minimum atomic E-state index is -4.90. The first-order valence-electron chi connectivity index (χ1n) is 13.6. The molecule has 0 radical (unpaired) electrons. The van der Waals surface area contributed by atoms with E-state index in [0.717, 1.165) is 24.2 Å². The number of ether oxygens (including phenoxy) is 3. The van der Waals surface area contributed by atoms with Crippen LogP contribution in [-0.2, 0) is 33.0 Å². The molecule has 2 aromatic rings. The second kappa shape index (κ2) is 14.0. The van der Waals surface area contributed by atoms with Crippen molar-refractivity contribution in [2.24, 2.45) is 0 Å². The molecule has 2 atom stereocenters. The molecule has 2 aliphatic rings. The Morgan fingerprint density at radius 1 is 0.951 bits per heavy atom. The van der Waals surface area contributed by atoms with E-state index in [1.165, 1.54) is 12.8 Å². The van der Waals surface area contributed by atoms with Crippen LogP contribution in [-0.4, -0.2) is 75.2 Å². The molecule has 2 aromatic carbocycles. The summed E-state index contributed by atoms with van der Waals surface area (Å²) < 4.78 is 96.6. The Morgan fingerprint density at radius 2 is 1.63 bits per heavy atom. The highest BCUT2D eigenvalue weighted by Gasteiger charge is 2.37. The van der Waals surface area contributed by atoms with E-state index in [1.807, 2.05) is 30.3 Å². The van der Waals surface area contributed by atoms with Gasteiger partial charge in [0, 0.05) is 26.2 Å². The molecule has 1 aliphatic heterocycles. The molecule has 0 spiro atoms. The maximum atomic E-state index is 13.3. The highest BCUT2D eigenvalue weighted by atomic mass is 19.4. The first-order chi connectivity index (χ1) is 19.6. The van der Waals surface area contributed by atoms with Gasteiger partial charge in [0.25, 0.3) is 0 Å². The topological polar surface area (TPSA) is 34.2 Å². The maximum absolute atomic E-state index is 13.3. The van der Waals surface area contributed by atoms with Crippen LogP contribution in [0.3, 0.4) is 0 Å². The summed E-state index contributed by atoms with van der Waals surface area (Å²) in [7, 11) is 1.68. The van der Waals surface area contributed by atoms with Crippen molar-refractivity contribution in [3.63, 3.8) is 0 Å². The summed E-state index contributed by atoms with van der Waals surface area (Å²) in [5.41, 5.74) is -1.89. The summed E-state index contributed by atoms with van der Waals surface area (Å²) >= 11 is 0. The Balaban J connectivity index is 1.43. The molecule has 1 aliphatic carbocycles. The molecule has 224 valence electrons. The van der Waals surface area contributed by atoms with Gasteiger partial charge in [-0.25, -0.2) is 0 Å². The number of hydrogen-bond donors (Lipinski definition) is 0. The predicted octanol–water partition coefficient (Wildman–Crippen LogP) is 5.80. The maximum Gasteiger partial charge on any atom is 0.416 e. The predicted molar refractivity (Wildman–Crippen MR) is 141 cm³/mol. The zero-order valence-corrected chi connectivity index (χ0v) is 22.8. The molecule has 1 saturated heterocycles. The van der Waals surface area contributed by atoms with Crippen LogP contribution in [0.1, 0.15) is 41.1 Å². The van der Waals surface area contributed by atoms with Gasteiger partial charge >= 0.3 is 12.4 Å². The van der Waals surface area contributed by atoms with Crippen molar-refractivity contribution in [3.05, 3.63) is 70.8 Å². The molecular weight excluding hydrogens is 550 g/mol. The molecule has 11 heteroatoms. The van der Waals surface area contributed by atoms with E-state index in [0.29, 0.717) is 38.9 Å². The average Bonchev–Trinajstić information content (AvgIpc) is 3.78. The number of morpholine rings is 1. The summed E-state index contributed by atoms with van der Waals surface area (Å²) in [6.07, 6.45) is -8.38. The van der Waals surface area contributed by atoms with Gasteiger partial charge in [-0.2, -0.15) is 26.3 Å². The van der Waals surface area contributed by atoms with Crippen LogP contribution in [0.15, 0.2) is 48.5 Å². The molecule has 0 aromatic heterocycles. The quantitative estimate of drug-likeness (QED) is 0.247. The fourth-order valence-electron chi connectivity index (χ4n) is 4.83. The molecule has 2 unspecified atom stereocenters. The minimum absolute atomic E-state index is 0.115. The molecule has 1 saturated carbocycles. The van der Waals surface area contributed by atoms with E-state index >= 15 is 0 Å². The summed E-state index contributed by atoms with van der Waals surface area (Å²) in [5.74, 6) is 6.52. The summed E-state index contributed by atoms with van der Waals surface area (Å²) in [4.78, 5) is 4.44. The van der Waals surface area contributed by atoms with Crippen molar-refractivity contribution in [3.8, 4) is 11.8 Å². The molecule has 4 rings (SSSR count). The Kier molecular flexibility index (Phi) is 10.7. The number of hydrogen-bond acceptors (Lipinski definition) is 5. The molecule has 5 nitrogen and oxygen atoms in total. The molecule has 0 bridgehead atoms. The third kappa shape index (κ3) is 9.18. The Hall–Kier alpha value is -2.62. The van der Waals surface area contributed by atoms with Gasteiger partial charge in [-0.15, -0.1) is 0 Å². The first-order valence-corrected chi connectivity index (χ1v) is 13.6. The van der Waals surface area contributed by atoms with Crippen LogP contribution in [0, 0.1) is 11.8 Å². The second-order valence-corrected chi connectivity index (χ2v) is 10.1. The summed E-state index contributed by atoms with van der Waals surface area (Å²) in [6.45, 7) is 3.38. The number of benzene rings is 2. The van der Waals surface area contributed by atoms with Gasteiger partial charge in [-0.3, -0.25) is 9.80 Å². The lowest BCUT2D eigenvalue weighted by atomic mass is 10.0. The number of rotatable bonds is 11. The van der Waals surface area contributed by atoms with Crippen LogP contribution in [0.25, 0.3) is 0 Å². The van der Waals surface area contributed by atoms with E-state index in [-0.39, 0.29) is 30.7 Å². The molecule has 0 amide bonds. The van der Waals surface area contributed by atoms with Crippen molar-refractivity contribution in [1.82, 2.24) is 9.80 Å². The molecule has 1 heterocycles. The third-order valence-corrected chi connectivity index (χ3v) is 7.11. The van der Waals surface area contributed by atoms with Crippen molar-refractivity contribution in [1.29, 1.82) is 0 Å². The normalized spacial score (nSPS) is 20.2. The zero-order chi connectivity index (χ0) is 29.5. The first kappa shape index (κ1) is 31.3. The average molecular weight is 585 g/mol. The second-order valence-electron chi connectivity index (χ2n) is 10.1. The van der Waals surface area contributed by atoms with Gasteiger partial charge < -0.3 is 14.2 Å².